The molecule has 2 N–H and O–H groups in total. The average Bonchev–Trinajstić information content (AvgIpc) is 2.77. The smallest absolute Gasteiger partial charge is 0.261 e. The van der Waals surface area contributed by atoms with Gasteiger partial charge >= 0.3 is 0 Å². The van der Waals surface area contributed by atoms with Gasteiger partial charge in [0.05, 0.1) is 25.2 Å². The number of rotatable bonds is 9. The number of nitrogens with one attached hydrogen (secondary N) is 2. The van der Waals surface area contributed by atoms with Gasteiger partial charge in [-0.05, 0) is 61.9 Å². The first-order chi connectivity index (χ1) is 14.9. The summed E-state index contributed by atoms with van der Waals surface area (Å²) < 4.78 is 38.5. The Bertz CT molecular complexity index is 987. The molecule has 0 unspecified atom stereocenters. The Labute approximate surface area is 183 Å². The van der Waals surface area contributed by atoms with Gasteiger partial charge in [-0.3, -0.25) is 14.4 Å². The molecule has 1 amide bonds. The number of hydrogen-bond acceptors (Lipinski definition) is 6. The largest absolute Gasteiger partial charge is 0.497 e. The molecule has 31 heavy (non-hydrogen) atoms. The molecular weight excluding hydrogens is 418 g/mol. The Kier molecular flexibility index (Phi) is 7.89. The average molecular weight is 448 g/mol. The van der Waals surface area contributed by atoms with E-state index >= 15 is 0 Å². The Morgan fingerprint density at radius 2 is 1.84 bits per heavy atom. The third-order valence-electron chi connectivity index (χ3n) is 5.15. The minimum atomic E-state index is -3.83. The lowest BCUT2D eigenvalue weighted by Gasteiger charge is -2.26. The number of amides is 1. The SMILES string of the molecule is COc1ccc(NS(=O)(=O)c2ccc(C)c(C(=O)NCCCN3CCOCC3)c2)cc1. The van der Waals surface area contributed by atoms with Crippen LogP contribution in [0.3, 0.4) is 0 Å². The highest BCUT2D eigenvalue weighted by molar-refractivity contribution is 7.92. The molecule has 2 aromatic rings. The van der Waals surface area contributed by atoms with Crippen LogP contribution in [0.2, 0.25) is 0 Å². The second-order valence-corrected chi connectivity index (χ2v) is 9.06. The number of aryl methyl sites for hydroxylation is 1. The zero-order valence-electron chi connectivity index (χ0n) is 17.9. The Balaban J connectivity index is 1.61. The van der Waals surface area contributed by atoms with E-state index in [0.717, 1.165) is 39.3 Å². The first-order valence-corrected chi connectivity index (χ1v) is 11.7. The first kappa shape index (κ1) is 23.1. The van der Waals surface area contributed by atoms with E-state index in [4.69, 9.17) is 9.47 Å². The van der Waals surface area contributed by atoms with Crippen LogP contribution < -0.4 is 14.8 Å². The van der Waals surface area contributed by atoms with Crippen molar-refractivity contribution in [3.05, 3.63) is 53.6 Å². The summed E-state index contributed by atoms with van der Waals surface area (Å²) in [4.78, 5) is 15.0. The second-order valence-electron chi connectivity index (χ2n) is 7.37. The summed E-state index contributed by atoms with van der Waals surface area (Å²) in [5, 5.41) is 2.89. The van der Waals surface area contributed by atoms with Crippen LogP contribution in [0.4, 0.5) is 5.69 Å². The Morgan fingerprint density at radius 1 is 1.13 bits per heavy atom. The number of morpholine rings is 1. The molecule has 0 radical (unpaired) electrons. The van der Waals surface area contributed by atoms with Crippen LogP contribution in [0.5, 0.6) is 5.75 Å². The van der Waals surface area contributed by atoms with E-state index in [9.17, 15) is 13.2 Å². The molecule has 0 aliphatic carbocycles. The zero-order valence-corrected chi connectivity index (χ0v) is 18.7. The van der Waals surface area contributed by atoms with Gasteiger partial charge in [0.15, 0.2) is 0 Å². The maximum absolute atomic E-state index is 12.8. The number of nitrogens with zero attached hydrogens (tertiary/aromatic N) is 1. The van der Waals surface area contributed by atoms with Crippen molar-refractivity contribution in [3.63, 3.8) is 0 Å². The molecule has 1 aliphatic heterocycles. The van der Waals surface area contributed by atoms with Crippen molar-refractivity contribution >= 4 is 21.6 Å². The summed E-state index contributed by atoms with van der Waals surface area (Å²) in [6, 6.07) is 11.1. The van der Waals surface area contributed by atoms with Gasteiger partial charge in [-0.15, -0.1) is 0 Å². The maximum atomic E-state index is 12.8. The summed E-state index contributed by atoms with van der Waals surface area (Å²) in [5.41, 5.74) is 1.48. The number of ether oxygens (including phenoxy) is 2. The van der Waals surface area contributed by atoms with Crippen LogP contribution >= 0.6 is 0 Å². The van der Waals surface area contributed by atoms with Gasteiger partial charge in [-0.25, -0.2) is 8.42 Å². The molecule has 1 heterocycles. The molecule has 0 saturated carbocycles. The van der Waals surface area contributed by atoms with Crippen molar-refractivity contribution in [3.8, 4) is 5.75 Å². The first-order valence-electron chi connectivity index (χ1n) is 10.2. The number of carbonyl (C=O) groups is 1. The van der Waals surface area contributed by atoms with E-state index < -0.39 is 10.0 Å². The standard InChI is InChI=1S/C22H29N3O5S/c1-17-4-9-20(31(27,28)24-18-5-7-19(29-2)8-6-18)16-21(17)22(26)23-10-3-11-25-12-14-30-15-13-25/h4-9,16,24H,3,10-15H2,1-2H3,(H,23,26). The molecule has 3 rings (SSSR count). The number of anilines is 1. The Morgan fingerprint density at radius 3 is 2.52 bits per heavy atom. The fourth-order valence-electron chi connectivity index (χ4n) is 3.31. The van der Waals surface area contributed by atoms with E-state index in [1.54, 1.807) is 44.4 Å². The van der Waals surface area contributed by atoms with E-state index in [0.29, 0.717) is 29.1 Å². The summed E-state index contributed by atoms with van der Waals surface area (Å²) in [7, 11) is -2.29. The second kappa shape index (κ2) is 10.6. The van der Waals surface area contributed by atoms with Crippen LogP contribution in [0.25, 0.3) is 0 Å². The molecule has 9 heteroatoms. The molecule has 0 bridgehead atoms. The van der Waals surface area contributed by atoms with E-state index in [-0.39, 0.29) is 10.8 Å². The molecule has 0 aromatic heterocycles. The third kappa shape index (κ3) is 6.43. The normalized spacial score (nSPS) is 14.8. The van der Waals surface area contributed by atoms with Crippen LogP contribution in [-0.2, 0) is 14.8 Å². The van der Waals surface area contributed by atoms with E-state index in [2.05, 4.69) is 14.9 Å². The lowest BCUT2D eigenvalue weighted by Crippen LogP contribution is -2.38. The summed E-state index contributed by atoms with van der Waals surface area (Å²) >= 11 is 0. The van der Waals surface area contributed by atoms with Crippen LogP contribution in [-0.4, -0.2) is 65.7 Å². The minimum Gasteiger partial charge on any atom is -0.497 e. The number of benzene rings is 2. The van der Waals surface area contributed by atoms with E-state index in [1.807, 2.05) is 0 Å². The topological polar surface area (TPSA) is 97.0 Å². The molecule has 1 aliphatic rings. The molecule has 0 spiro atoms. The van der Waals surface area contributed by atoms with Crippen molar-refractivity contribution in [1.82, 2.24) is 10.2 Å². The van der Waals surface area contributed by atoms with Crippen molar-refractivity contribution < 1.29 is 22.7 Å². The maximum Gasteiger partial charge on any atom is 0.261 e. The van der Waals surface area contributed by atoms with Crippen LogP contribution in [0.15, 0.2) is 47.4 Å². The molecule has 0 atom stereocenters. The fourth-order valence-corrected chi connectivity index (χ4v) is 4.40. The number of carbonyl (C=O) groups excluding carboxylic acids is 1. The van der Waals surface area contributed by atoms with Crippen molar-refractivity contribution in [2.24, 2.45) is 0 Å². The van der Waals surface area contributed by atoms with Gasteiger partial charge in [0, 0.05) is 30.9 Å². The number of sulfonamides is 1. The van der Waals surface area contributed by atoms with Crippen molar-refractivity contribution in [1.29, 1.82) is 0 Å². The molecule has 1 fully saturated rings. The minimum absolute atomic E-state index is 0.0346. The van der Waals surface area contributed by atoms with Crippen molar-refractivity contribution in [2.45, 2.75) is 18.2 Å². The van der Waals surface area contributed by atoms with Gasteiger partial charge in [-0.2, -0.15) is 0 Å². The predicted molar refractivity (Wildman–Crippen MR) is 119 cm³/mol. The summed E-state index contributed by atoms with van der Waals surface area (Å²) in [5.74, 6) is 0.354. The third-order valence-corrected chi connectivity index (χ3v) is 6.53. The van der Waals surface area contributed by atoms with Gasteiger partial charge < -0.3 is 14.8 Å². The zero-order chi connectivity index (χ0) is 22.3. The summed E-state index contributed by atoms with van der Waals surface area (Å²) in [6.07, 6.45) is 0.821. The van der Waals surface area contributed by atoms with Gasteiger partial charge in [0.25, 0.3) is 15.9 Å². The Hall–Kier alpha value is -2.62. The highest BCUT2D eigenvalue weighted by atomic mass is 32.2. The lowest BCUT2D eigenvalue weighted by atomic mass is 10.1. The molecular formula is C22H29N3O5S. The van der Waals surface area contributed by atoms with Crippen LogP contribution in [0, 0.1) is 6.92 Å². The molecule has 8 nitrogen and oxygen atoms in total. The highest BCUT2D eigenvalue weighted by Gasteiger charge is 2.18. The monoisotopic (exact) mass is 447 g/mol. The van der Waals surface area contributed by atoms with Gasteiger partial charge in [0.1, 0.15) is 5.75 Å². The van der Waals surface area contributed by atoms with Gasteiger partial charge in [0.2, 0.25) is 0 Å². The molecule has 1 saturated heterocycles. The molecule has 168 valence electrons. The van der Waals surface area contributed by atoms with Crippen LogP contribution in [0.1, 0.15) is 22.3 Å². The number of methoxy groups -OCH3 is 1. The fraction of sp³-hybridized carbons (Fsp3) is 0.409. The summed E-state index contributed by atoms with van der Waals surface area (Å²) in [6.45, 7) is 6.52. The quantitative estimate of drug-likeness (QED) is 0.573. The number of hydrogen-bond donors (Lipinski definition) is 2. The molecule has 2 aromatic carbocycles. The highest BCUT2D eigenvalue weighted by Crippen LogP contribution is 2.21. The van der Waals surface area contributed by atoms with Crippen molar-refractivity contribution in [2.75, 3.05) is 51.2 Å². The van der Waals surface area contributed by atoms with Gasteiger partial charge in [-0.1, -0.05) is 6.07 Å². The van der Waals surface area contributed by atoms with E-state index in [1.165, 1.54) is 12.1 Å². The lowest BCUT2D eigenvalue weighted by molar-refractivity contribution is 0.0374. The predicted octanol–water partition coefficient (Wildman–Crippen LogP) is 2.26.